The van der Waals surface area contributed by atoms with Gasteiger partial charge >= 0.3 is 12.1 Å². The topological polar surface area (TPSA) is 66.8 Å². The van der Waals surface area contributed by atoms with E-state index in [-0.39, 0.29) is 19.6 Å². The van der Waals surface area contributed by atoms with Crippen LogP contribution in [0, 0.1) is 5.41 Å². The summed E-state index contributed by atoms with van der Waals surface area (Å²) in [5, 5.41) is 8.87. The van der Waals surface area contributed by atoms with Gasteiger partial charge in [0.25, 0.3) is 5.92 Å². The van der Waals surface area contributed by atoms with Crippen LogP contribution in [-0.4, -0.2) is 47.7 Å². The monoisotopic (exact) mass is 263 g/mol. The lowest BCUT2D eigenvalue weighted by Crippen LogP contribution is -2.59. The van der Waals surface area contributed by atoms with Crippen molar-refractivity contribution in [3.63, 3.8) is 0 Å². The molecule has 0 spiro atoms. The molecule has 0 aromatic rings. The van der Waals surface area contributed by atoms with Gasteiger partial charge in [-0.05, 0) is 13.3 Å². The van der Waals surface area contributed by atoms with Gasteiger partial charge in [0.15, 0.2) is 0 Å². The maximum Gasteiger partial charge on any atom is 0.410 e. The lowest BCUT2D eigenvalue weighted by Gasteiger charge is -2.42. The van der Waals surface area contributed by atoms with Crippen LogP contribution in [0.3, 0.4) is 0 Å². The van der Waals surface area contributed by atoms with E-state index in [9.17, 15) is 18.4 Å². The molecule has 0 aliphatic carbocycles. The number of halogens is 2. The molecule has 1 amide bonds. The maximum atomic E-state index is 13.8. The fourth-order valence-corrected chi connectivity index (χ4v) is 1.68. The van der Waals surface area contributed by atoms with Crippen molar-refractivity contribution in [2.75, 3.05) is 19.7 Å². The zero-order valence-corrected chi connectivity index (χ0v) is 9.99. The molecular weight excluding hydrogens is 248 g/mol. The average Bonchev–Trinajstić information content (AvgIpc) is 2.29. The lowest BCUT2D eigenvalue weighted by molar-refractivity contribution is -0.190. The molecule has 1 fully saturated rings. The first kappa shape index (κ1) is 14.4. The molecule has 0 aromatic carbocycles. The normalized spacial score (nSPS) is 26.5. The number of hydrogen-bond acceptors (Lipinski definition) is 3. The number of piperidine rings is 1. The van der Waals surface area contributed by atoms with E-state index < -0.39 is 29.9 Å². The molecule has 0 radical (unpaired) electrons. The minimum Gasteiger partial charge on any atom is -0.481 e. The first-order valence-corrected chi connectivity index (χ1v) is 5.38. The Morgan fingerprint density at radius 3 is 2.61 bits per heavy atom. The second-order valence-electron chi connectivity index (χ2n) is 4.38. The lowest BCUT2D eigenvalue weighted by atomic mass is 9.77. The molecule has 1 saturated heterocycles. The van der Waals surface area contributed by atoms with Gasteiger partial charge in [-0.25, -0.2) is 13.6 Å². The number of likely N-dealkylation sites (tertiary alicyclic amines) is 1. The Morgan fingerprint density at radius 1 is 1.56 bits per heavy atom. The maximum absolute atomic E-state index is 13.8. The van der Waals surface area contributed by atoms with Crippen molar-refractivity contribution < 1.29 is 28.2 Å². The first-order valence-electron chi connectivity index (χ1n) is 5.38. The summed E-state index contributed by atoms with van der Waals surface area (Å²) in [5.74, 6) is -5.06. The van der Waals surface area contributed by atoms with Gasteiger partial charge in [0.1, 0.15) is 12.0 Å². The van der Waals surface area contributed by atoms with Gasteiger partial charge < -0.3 is 14.7 Å². The van der Waals surface area contributed by atoms with Crippen LogP contribution in [0.25, 0.3) is 0 Å². The number of ether oxygens (including phenoxy) is 1. The molecule has 7 heteroatoms. The fourth-order valence-electron chi connectivity index (χ4n) is 1.68. The number of amides is 1. The number of rotatable bonds is 3. The molecule has 102 valence electrons. The molecule has 1 aliphatic rings. The highest BCUT2D eigenvalue weighted by molar-refractivity contribution is 5.77. The Kier molecular flexibility index (Phi) is 3.93. The fraction of sp³-hybridized carbons (Fsp3) is 0.636. The number of nitrogens with zero attached hydrogens (tertiary/aromatic N) is 1. The Morgan fingerprint density at radius 2 is 2.17 bits per heavy atom. The Labute approximate surface area is 103 Å². The minimum atomic E-state index is -3.50. The van der Waals surface area contributed by atoms with Crippen molar-refractivity contribution in [1.29, 1.82) is 0 Å². The molecule has 1 atom stereocenters. The summed E-state index contributed by atoms with van der Waals surface area (Å²) >= 11 is 0. The van der Waals surface area contributed by atoms with Crippen molar-refractivity contribution in [2.24, 2.45) is 5.41 Å². The van der Waals surface area contributed by atoms with Gasteiger partial charge in [-0.2, -0.15) is 0 Å². The van der Waals surface area contributed by atoms with Crippen LogP contribution in [0.15, 0.2) is 12.7 Å². The van der Waals surface area contributed by atoms with E-state index >= 15 is 0 Å². The van der Waals surface area contributed by atoms with Gasteiger partial charge in [0.2, 0.25) is 0 Å². The van der Waals surface area contributed by atoms with Crippen LogP contribution >= 0.6 is 0 Å². The number of hydrogen-bond donors (Lipinski definition) is 1. The molecule has 0 bridgehead atoms. The van der Waals surface area contributed by atoms with Gasteiger partial charge in [-0.3, -0.25) is 4.79 Å². The Balaban J connectivity index is 2.77. The third kappa shape index (κ3) is 2.44. The second-order valence-corrected chi connectivity index (χ2v) is 4.38. The average molecular weight is 263 g/mol. The van der Waals surface area contributed by atoms with Crippen molar-refractivity contribution in [2.45, 2.75) is 19.3 Å². The number of carbonyl (C=O) groups is 2. The standard InChI is InChI=1S/C11H15F2NO4/c1-3-6-18-9(17)14-5-4-10(2,8(15)16)11(12,13)7-14/h3H,1,4-7H2,2H3,(H,15,16). The number of alkyl halides is 2. The van der Waals surface area contributed by atoms with Gasteiger partial charge in [-0.1, -0.05) is 12.7 Å². The van der Waals surface area contributed by atoms with Gasteiger partial charge in [0, 0.05) is 6.54 Å². The molecule has 1 unspecified atom stereocenters. The molecule has 1 N–H and O–H groups in total. The summed E-state index contributed by atoms with van der Waals surface area (Å²) in [6.45, 7) is 3.22. The number of carboxylic acid groups (broad SMARTS) is 1. The minimum absolute atomic E-state index is 0.0723. The molecule has 0 saturated carbocycles. The highest BCUT2D eigenvalue weighted by Crippen LogP contribution is 2.43. The summed E-state index contributed by atoms with van der Waals surface area (Å²) in [4.78, 5) is 23.1. The molecule has 1 heterocycles. The Hall–Kier alpha value is -1.66. The van der Waals surface area contributed by atoms with Crippen LogP contribution in [0.1, 0.15) is 13.3 Å². The van der Waals surface area contributed by atoms with E-state index in [4.69, 9.17) is 5.11 Å². The summed E-state index contributed by atoms with van der Waals surface area (Å²) in [6, 6.07) is 0. The van der Waals surface area contributed by atoms with E-state index in [2.05, 4.69) is 11.3 Å². The quantitative estimate of drug-likeness (QED) is 0.787. The van der Waals surface area contributed by atoms with Crippen molar-refractivity contribution in [3.05, 3.63) is 12.7 Å². The summed E-state index contributed by atoms with van der Waals surface area (Å²) < 4.78 is 32.2. The summed E-state index contributed by atoms with van der Waals surface area (Å²) in [6.07, 6.45) is 0.113. The van der Waals surface area contributed by atoms with Crippen molar-refractivity contribution in [3.8, 4) is 0 Å². The molecule has 1 rings (SSSR count). The van der Waals surface area contributed by atoms with E-state index in [0.29, 0.717) is 0 Å². The molecule has 5 nitrogen and oxygen atoms in total. The van der Waals surface area contributed by atoms with E-state index in [1.165, 1.54) is 6.08 Å². The highest BCUT2D eigenvalue weighted by atomic mass is 19.3. The first-order chi connectivity index (χ1) is 8.24. The van der Waals surface area contributed by atoms with Gasteiger partial charge in [0.05, 0.1) is 6.54 Å². The van der Waals surface area contributed by atoms with E-state index in [1.54, 1.807) is 0 Å². The third-order valence-electron chi connectivity index (χ3n) is 3.13. The smallest absolute Gasteiger partial charge is 0.410 e. The molecular formula is C11H15F2NO4. The van der Waals surface area contributed by atoms with Crippen LogP contribution < -0.4 is 0 Å². The molecule has 1 aliphatic heterocycles. The van der Waals surface area contributed by atoms with Crippen molar-refractivity contribution >= 4 is 12.1 Å². The predicted octanol–water partition coefficient (Wildman–Crippen LogP) is 1.74. The third-order valence-corrected chi connectivity index (χ3v) is 3.13. The second kappa shape index (κ2) is 4.91. The van der Waals surface area contributed by atoms with Crippen LogP contribution in [0.4, 0.5) is 13.6 Å². The zero-order valence-electron chi connectivity index (χ0n) is 9.99. The number of aliphatic carboxylic acids is 1. The molecule has 0 aromatic heterocycles. The van der Waals surface area contributed by atoms with Crippen LogP contribution in [0.5, 0.6) is 0 Å². The number of carboxylic acids is 1. The predicted molar refractivity (Wildman–Crippen MR) is 58.4 cm³/mol. The van der Waals surface area contributed by atoms with Crippen molar-refractivity contribution in [1.82, 2.24) is 4.90 Å². The molecule has 18 heavy (non-hydrogen) atoms. The summed E-state index contributed by atoms with van der Waals surface area (Å²) in [7, 11) is 0. The highest BCUT2D eigenvalue weighted by Gasteiger charge is 2.59. The van der Waals surface area contributed by atoms with E-state index in [0.717, 1.165) is 11.8 Å². The van der Waals surface area contributed by atoms with E-state index in [1.807, 2.05) is 0 Å². The SMILES string of the molecule is C=CCOC(=O)N1CCC(C)(C(=O)O)C(F)(F)C1. The van der Waals surface area contributed by atoms with Crippen LogP contribution in [0.2, 0.25) is 0 Å². The summed E-state index contributed by atoms with van der Waals surface area (Å²) in [5.41, 5.74) is -2.15. The Bertz CT molecular complexity index is 372. The largest absolute Gasteiger partial charge is 0.481 e. The zero-order chi connectivity index (χ0) is 14.0. The number of carbonyl (C=O) groups excluding carboxylic acids is 1. The van der Waals surface area contributed by atoms with Gasteiger partial charge in [-0.15, -0.1) is 0 Å². The van der Waals surface area contributed by atoms with Crippen LogP contribution in [-0.2, 0) is 9.53 Å².